The number of nitrogens with zero attached hydrogens (tertiary/aromatic N) is 1. The first kappa shape index (κ1) is 13.0. The summed E-state index contributed by atoms with van der Waals surface area (Å²) in [6, 6.07) is 8.28. The average molecular weight is 223 g/mol. The van der Waals surface area contributed by atoms with E-state index in [0.717, 1.165) is 25.3 Å². The van der Waals surface area contributed by atoms with Crippen molar-refractivity contribution in [1.82, 2.24) is 4.90 Å². The molecule has 0 aliphatic carbocycles. The molecule has 0 fully saturated rings. The predicted molar refractivity (Wildman–Crippen MR) is 65.8 cm³/mol. The van der Waals surface area contributed by atoms with Crippen LogP contribution in [0.4, 0.5) is 0 Å². The molecule has 1 aromatic carbocycles. The van der Waals surface area contributed by atoms with Crippen molar-refractivity contribution in [2.45, 2.75) is 13.3 Å². The second-order valence-corrected chi connectivity index (χ2v) is 3.82. The van der Waals surface area contributed by atoms with Gasteiger partial charge in [0.2, 0.25) is 0 Å². The zero-order valence-electron chi connectivity index (χ0n) is 10.4. The van der Waals surface area contributed by atoms with Crippen molar-refractivity contribution < 1.29 is 9.47 Å². The van der Waals surface area contributed by atoms with Crippen molar-refractivity contribution in [3.8, 4) is 5.75 Å². The lowest BCUT2D eigenvalue weighted by atomic mass is 10.1. The van der Waals surface area contributed by atoms with Gasteiger partial charge in [0.15, 0.2) is 0 Å². The minimum atomic E-state index is 0.678. The zero-order chi connectivity index (χ0) is 11.8. The fourth-order valence-electron chi connectivity index (χ4n) is 1.52. The van der Waals surface area contributed by atoms with E-state index in [1.165, 1.54) is 5.56 Å². The van der Waals surface area contributed by atoms with Crippen LogP contribution in [0.5, 0.6) is 5.75 Å². The number of hydrogen-bond acceptors (Lipinski definition) is 3. The Kier molecular flexibility index (Phi) is 5.90. The highest BCUT2D eigenvalue weighted by atomic mass is 16.5. The van der Waals surface area contributed by atoms with Crippen LogP contribution >= 0.6 is 0 Å². The molecule has 0 bridgehead atoms. The summed E-state index contributed by atoms with van der Waals surface area (Å²) in [4.78, 5) is 2.15. The van der Waals surface area contributed by atoms with E-state index in [0.29, 0.717) is 6.73 Å². The van der Waals surface area contributed by atoms with Crippen molar-refractivity contribution in [1.29, 1.82) is 0 Å². The monoisotopic (exact) mass is 223 g/mol. The van der Waals surface area contributed by atoms with Crippen LogP contribution in [-0.2, 0) is 11.2 Å². The third-order valence-corrected chi connectivity index (χ3v) is 2.37. The van der Waals surface area contributed by atoms with E-state index < -0.39 is 0 Å². The Labute approximate surface area is 98.0 Å². The van der Waals surface area contributed by atoms with E-state index in [1.54, 1.807) is 7.11 Å². The summed E-state index contributed by atoms with van der Waals surface area (Å²) >= 11 is 0. The van der Waals surface area contributed by atoms with Crippen LogP contribution in [0, 0.1) is 0 Å². The topological polar surface area (TPSA) is 21.7 Å². The number of likely N-dealkylation sites (N-methyl/N-ethyl adjacent to an activating group) is 1. The highest BCUT2D eigenvalue weighted by Crippen LogP contribution is 2.12. The van der Waals surface area contributed by atoms with Crippen LogP contribution in [0.15, 0.2) is 24.3 Å². The molecule has 1 aromatic rings. The molecule has 0 unspecified atom stereocenters. The van der Waals surface area contributed by atoms with E-state index in [-0.39, 0.29) is 0 Å². The fraction of sp³-hybridized carbons (Fsp3) is 0.538. The SMILES string of the molecule is CCOc1ccc(CCN(C)COC)cc1. The molecule has 3 nitrogen and oxygen atoms in total. The van der Waals surface area contributed by atoms with Gasteiger partial charge in [0.1, 0.15) is 5.75 Å². The molecule has 3 heteroatoms. The molecule has 0 amide bonds. The summed E-state index contributed by atoms with van der Waals surface area (Å²) in [6.45, 7) is 4.39. The summed E-state index contributed by atoms with van der Waals surface area (Å²) in [5.74, 6) is 0.941. The number of methoxy groups -OCH3 is 1. The standard InChI is InChI=1S/C13H21NO2/c1-4-16-13-7-5-12(6-8-13)9-10-14(2)11-15-3/h5-8H,4,9-11H2,1-3H3. The van der Waals surface area contributed by atoms with Crippen LogP contribution < -0.4 is 4.74 Å². The van der Waals surface area contributed by atoms with Gasteiger partial charge in [-0.15, -0.1) is 0 Å². The highest BCUT2D eigenvalue weighted by Gasteiger charge is 1.99. The van der Waals surface area contributed by atoms with E-state index in [9.17, 15) is 0 Å². The zero-order valence-corrected chi connectivity index (χ0v) is 10.4. The van der Waals surface area contributed by atoms with Gasteiger partial charge in [0.05, 0.1) is 13.3 Å². The van der Waals surface area contributed by atoms with Crippen molar-refractivity contribution in [2.75, 3.05) is 34.0 Å². The Hall–Kier alpha value is -1.06. The van der Waals surface area contributed by atoms with Crippen LogP contribution in [0.3, 0.4) is 0 Å². The molecule has 0 aromatic heterocycles. The maximum Gasteiger partial charge on any atom is 0.119 e. The summed E-state index contributed by atoms with van der Waals surface area (Å²) < 4.78 is 10.4. The number of hydrogen-bond donors (Lipinski definition) is 0. The van der Waals surface area contributed by atoms with Gasteiger partial charge < -0.3 is 9.47 Å². The Bertz CT molecular complexity index is 284. The molecule has 1 rings (SSSR count). The van der Waals surface area contributed by atoms with Crippen LogP contribution in [0.1, 0.15) is 12.5 Å². The van der Waals surface area contributed by atoms with Crippen molar-refractivity contribution in [3.63, 3.8) is 0 Å². The molecule has 0 radical (unpaired) electrons. The number of benzene rings is 1. The molecule has 0 aliphatic rings. The molecule has 0 saturated carbocycles. The molecule has 90 valence electrons. The normalized spacial score (nSPS) is 10.8. The Balaban J connectivity index is 2.37. The molecule has 0 spiro atoms. The molecule has 0 N–H and O–H groups in total. The summed E-state index contributed by atoms with van der Waals surface area (Å²) in [5.41, 5.74) is 1.33. The van der Waals surface area contributed by atoms with Gasteiger partial charge in [-0.25, -0.2) is 0 Å². The molecule has 0 atom stereocenters. The average Bonchev–Trinajstić information content (AvgIpc) is 2.29. The molecule has 0 saturated heterocycles. The van der Waals surface area contributed by atoms with Gasteiger partial charge in [0, 0.05) is 13.7 Å². The molecular formula is C13H21NO2. The Morgan fingerprint density at radius 2 is 1.88 bits per heavy atom. The van der Waals surface area contributed by atoms with E-state index in [4.69, 9.17) is 9.47 Å². The Morgan fingerprint density at radius 1 is 1.19 bits per heavy atom. The molecular weight excluding hydrogens is 202 g/mol. The first-order valence-electron chi connectivity index (χ1n) is 5.65. The summed E-state index contributed by atoms with van der Waals surface area (Å²) in [5, 5.41) is 0. The van der Waals surface area contributed by atoms with Gasteiger partial charge in [0.25, 0.3) is 0 Å². The maximum atomic E-state index is 5.39. The lowest BCUT2D eigenvalue weighted by Crippen LogP contribution is -2.23. The van der Waals surface area contributed by atoms with E-state index in [2.05, 4.69) is 24.1 Å². The first-order valence-corrected chi connectivity index (χ1v) is 5.65. The first-order chi connectivity index (χ1) is 7.76. The fourth-order valence-corrected chi connectivity index (χ4v) is 1.52. The van der Waals surface area contributed by atoms with E-state index in [1.807, 2.05) is 19.1 Å². The maximum absolute atomic E-state index is 5.39. The minimum absolute atomic E-state index is 0.678. The number of ether oxygens (including phenoxy) is 2. The van der Waals surface area contributed by atoms with Crippen molar-refractivity contribution in [2.24, 2.45) is 0 Å². The van der Waals surface area contributed by atoms with Gasteiger partial charge in [-0.1, -0.05) is 12.1 Å². The quantitative estimate of drug-likeness (QED) is 0.661. The highest BCUT2D eigenvalue weighted by molar-refractivity contribution is 5.27. The third kappa shape index (κ3) is 4.64. The van der Waals surface area contributed by atoms with Gasteiger partial charge in [-0.05, 0) is 38.1 Å². The van der Waals surface area contributed by atoms with Crippen LogP contribution in [0.2, 0.25) is 0 Å². The van der Waals surface area contributed by atoms with Gasteiger partial charge in [-0.2, -0.15) is 0 Å². The van der Waals surface area contributed by atoms with Gasteiger partial charge in [-0.3, -0.25) is 4.90 Å². The lowest BCUT2D eigenvalue weighted by Gasteiger charge is -2.15. The van der Waals surface area contributed by atoms with Gasteiger partial charge >= 0.3 is 0 Å². The number of rotatable bonds is 7. The van der Waals surface area contributed by atoms with Crippen LogP contribution in [-0.4, -0.2) is 38.9 Å². The summed E-state index contributed by atoms with van der Waals surface area (Å²) in [6.07, 6.45) is 1.03. The van der Waals surface area contributed by atoms with Crippen molar-refractivity contribution in [3.05, 3.63) is 29.8 Å². The third-order valence-electron chi connectivity index (χ3n) is 2.37. The minimum Gasteiger partial charge on any atom is -0.494 e. The Morgan fingerprint density at radius 3 is 2.44 bits per heavy atom. The molecule has 0 heterocycles. The summed E-state index contributed by atoms with van der Waals surface area (Å²) in [7, 11) is 3.77. The molecule has 16 heavy (non-hydrogen) atoms. The lowest BCUT2D eigenvalue weighted by molar-refractivity contribution is 0.0827. The van der Waals surface area contributed by atoms with Crippen LogP contribution in [0.25, 0.3) is 0 Å². The smallest absolute Gasteiger partial charge is 0.119 e. The second-order valence-electron chi connectivity index (χ2n) is 3.82. The molecule has 0 aliphatic heterocycles. The second kappa shape index (κ2) is 7.25. The van der Waals surface area contributed by atoms with Crippen molar-refractivity contribution >= 4 is 0 Å². The largest absolute Gasteiger partial charge is 0.494 e. The van der Waals surface area contributed by atoms with E-state index >= 15 is 0 Å². The predicted octanol–water partition coefficient (Wildman–Crippen LogP) is 2.16.